The highest BCUT2D eigenvalue weighted by Crippen LogP contribution is 2.31. The molecular formula is C23H29N5O7S. The summed E-state index contributed by atoms with van der Waals surface area (Å²) in [4.78, 5) is 53.4. The molecule has 194 valence electrons. The summed E-state index contributed by atoms with van der Waals surface area (Å²) >= 11 is 0. The Labute approximate surface area is 207 Å². The van der Waals surface area contributed by atoms with E-state index in [1.807, 2.05) is 13.8 Å². The number of rotatable bonds is 9. The molecule has 0 saturated carbocycles. The highest BCUT2D eigenvalue weighted by Gasteiger charge is 2.29. The van der Waals surface area contributed by atoms with Crippen molar-refractivity contribution in [2.45, 2.75) is 46.0 Å². The van der Waals surface area contributed by atoms with Gasteiger partial charge in [0, 0.05) is 31.6 Å². The average molecular weight is 520 g/mol. The molecule has 0 radical (unpaired) electrons. The number of esters is 1. The van der Waals surface area contributed by atoms with Gasteiger partial charge in [0.2, 0.25) is 0 Å². The molecule has 2 heterocycles. The lowest BCUT2D eigenvalue weighted by molar-refractivity contribution is -0.143. The van der Waals surface area contributed by atoms with E-state index in [2.05, 4.69) is 10.1 Å². The predicted molar refractivity (Wildman–Crippen MR) is 134 cm³/mol. The Morgan fingerprint density at radius 2 is 1.89 bits per heavy atom. The molecule has 3 aromatic rings. The molecule has 0 bridgehead atoms. The molecule has 1 amide bonds. The van der Waals surface area contributed by atoms with E-state index in [0.717, 1.165) is 11.8 Å². The number of aromatic nitrogens is 4. The van der Waals surface area contributed by atoms with Crippen molar-refractivity contribution in [3.8, 4) is 11.3 Å². The Balaban J connectivity index is 2.17. The zero-order valence-electron chi connectivity index (χ0n) is 20.8. The predicted octanol–water partition coefficient (Wildman–Crippen LogP) is 1.37. The zero-order valence-corrected chi connectivity index (χ0v) is 21.6. The molecular weight excluding hydrogens is 490 g/mol. The van der Waals surface area contributed by atoms with Crippen LogP contribution in [0.15, 0.2) is 34.0 Å². The van der Waals surface area contributed by atoms with Crippen LogP contribution in [0.3, 0.4) is 0 Å². The second-order valence-electron chi connectivity index (χ2n) is 8.59. The van der Waals surface area contributed by atoms with Crippen LogP contribution < -0.4 is 15.7 Å². The lowest BCUT2D eigenvalue weighted by atomic mass is 9.93. The third-order valence-corrected chi connectivity index (χ3v) is 6.55. The number of hydrogen-bond acceptors (Lipinski definition) is 8. The number of nitrogens with one attached hydrogen (secondary N) is 1. The van der Waals surface area contributed by atoms with Gasteiger partial charge < -0.3 is 9.72 Å². The summed E-state index contributed by atoms with van der Waals surface area (Å²) in [6.45, 7) is 5.72. The molecule has 1 aromatic carbocycles. The van der Waals surface area contributed by atoms with Gasteiger partial charge in [-0.3, -0.25) is 19.1 Å². The van der Waals surface area contributed by atoms with Gasteiger partial charge >= 0.3 is 11.7 Å². The number of sulfonamides is 1. The summed E-state index contributed by atoms with van der Waals surface area (Å²) in [7, 11) is -2.63. The third kappa shape index (κ3) is 5.40. The highest BCUT2D eigenvalue weighted by molar-refractivity contribution is 7.92. The third-order valence-electron chi connectivity index (χ3n) is 5.55. The van der Waals surface area contributed by atoms with E-state index in [1.54, 1.807) is 43.0 Å². The Hall–Kier alpha value is -3.74. The summed E-state index contributed by atoms with van der Waals surface area (Å²) in [6.07, 6.45) is 1.78. The van der Waals surface area contributed by atoms with Gasteiger partial charge in [-0.15, -0.1) is 9.09 Å². The van der Waals surface area contributed by atoms with Crippen LogP contribution in [0.5, 0.6) is 0 Å². The van der Waals surface area contributed by atoms with Gasteiger partial charge in [0.25, 0.3) is 21.5 Å². The van der Waals surface area contributed by atoms with E-state index in [0.29, 0.717) is 11.3 Å². The fraction of sp³-hybridized carbons (Fsp3) is 0.435. The molecule has 36 heavy (non-hydrogen) atoms. The maximum absolute atomic E-state index is 13.5. The van der Waals surface area contributed by atoms with Crippen LogP contribution in [0.25, 0.3) is 22.2 Å². The SMILES string of the molecule is CCOC(=O)CCCC(=O)N(n1c(=O)[nH]c2cc(C(C)C)c(-c3ccnn3C)cc2c1=O)S(C)(=O)=O. The van der Waals surface area contributed by atoms with Gasteiger partial charge in [-0.2, -0.15) is 5.10 Å². The van der Waals surface area contributed by atoms with Crippen LogP contribution >= 0.6 is 0 Å². The first-order chi connectivity index (χ1) is 16.9. The first-order valence-corrected chi connectivity index (χ1v) is 13.2. The van der Waals surface area contributed by atoms with Crippen molar-refractivity contribution in [3.63, 3.8) is 0 Å². The lowest BCUT2D eigenvalue weighted by Gasteiger charge is -2.22. The minimum Gasteiger partial charge on any atom is -0.466 e. The van der Waals surface area contributed by atoms with Gasteiger partial charge in [0.05, 0.1) is 29.5 Å². The van der Waals surface area contributed by atoms with Crippen molar-refractivity contribution in [1.82, 2.24) is 19.4 Å². The minimum absolute atomic E-state index is 0.0168. The molecule has 0 unspecified atom stereocenters. The Kier molecular flexibility index (Phi) is 7.82. The monoisotopic (exact) mass is 519 g/mol. The summed E-state index contributed by atoms with van der Waals surface area (Å²) < 4.78 is 32.0. The minimum atomic E-state index is -4.38. The molecule has 2 aromatic heterocycles. The summed E-state index contributed by atoms with van der Waals surface area (Å²) in [5, 5.41) is 4.19. The molecule has 0 aliphatic heterocycles. The van der Waals surface area contributed by atoms with E-state index in [9.17, 15) is 27.6 Å². The molecule has 1 N–H and O–H groups in total. The maximum atomic E-state index is 13.5. The number of ether oxygens (including phenoxy) is 1. The molecule has 0 saturated heterocycles. The van der Waals surface area contributed by atoms with E-state index in [-0.39, 0.29) is 45.4 Å². The number of carbonyl (C=O) groups excluding carboxylic acids is 2. The van der Waals surface area contributed by atoms with Crippen LogP contribution in [0, 0.1) is 0 Å². The molecule has 0 atom stereocenters. The van der Waals surface area contributed by atoms with Gasteiger partial charge in [0.15, 0.2) is 0 Å². The van der Waals surface area contributed by atoms with E-state index < -0.39 is 39.6 Å². The number of hydrogen-bond donors (Lipinski definition) is 1. The van der Waals surface area contributed by atoms with Gasteiger partial charge in [0.1, 0.15) is 0 Å². The molecule has 13 heteroatoms. The van der Waals surface area contributed by atoms with Crippen molar-refractivity contribution in [2.75, 3.05) is 17.3 Å². The first kappa shape index (κ1) is 26.9. The molecule has 0 aliphatic carbocycles. The number of aromatic amines is 1. The van der Waals surface area contributed by atoms with Crippen LogP contribution in [0.1, 0.15) is 51.5 Å². The largest absolute Gasteiger partial charge is 0.466 e. The number of fused-ring (bicyclic) bond motifs is 1. The Bertz CT molecular complexity index is 1530. The first-order valence-electron chi connectivity index (χ1n) is 11.4. The lowest BCUT2D eigenvalue weighted by Crippen LogP contribution is -2.55. The van der Waals surface area contributed by atoms with Crippen molar-refractivity contribution in [2.24, 2.45) is 7.05 Å². The number of H-pyrrole nitrogens is 1. The highest BCUT2D eigenvalue weighted by atomic mass is 32.2. The molecule has 0 aliphatic rings. The number of amides is 1. The fourth-order valence-electron chi connectivity index (χ4n) is 3.93. The topological polar surface area (TPSA) is 153 Å². The van der Waals surface area contributed by atoms with Crippen LogP contribution in [0.4, 0.5) is 0 Å². The van der Waals surface area contributed by atoms with Crippen molar-refractivity contribution >= 4 is 32.8 Å². The second-order valence-corrected chi connectivity index (χ2v) is 10.4. The molecule has 12 nitrogen and oxygen atoms in total. The number of nitrogens with zero attached hydrogens (tertiary/aromatic N) is 4. The van der Waals surface area contributed by atoms with E-state index in [1.165, 1.54) is 0 Å². The standard InChI is InChI=1S/C23H29N5O7S/c1-6-35-21(30)9-7-8-20(29)28(36(5,33)34)27-22(31)17-12-16(19-10-11-24-26(19)4)15(14(2)3)13-18(17)25-23(27)32/h10-14H,6-9H2,1-5H3,(H,25,32). The normalized spacial score (nSPS) is 11.7. The van der Waals surface area contributed by atoms with Crippen LogP contribution in [-0.4, -0.2) is 52.6 Å². The molecule has 0 fully saturated rings. The quantitative estimate of drug-likeness (QED) is 0.416. The van der Waals surface area contributed by atoms with E-state index in [4.69, 9.17) is 4.74 Å². The number of aryl methyl sites for hydroxylation is 1. The summed E-state index contributed by atoms with van der Waals surface area (Å²) in [5.41, 5.74) is 0.386. The summed E-state index contributed by atoms with van der Waals surface area (Å²) in [6, 6.07) is 5.00. The maximum Gasteiger partial charge on any atom is 0.349 e. The van der Waals surface area contributed by atoms with Crippen LogP contribution in [0.2, 0.25) is 0 Å². The number of benzene rings is 1. The Morgan fingerprint density at radius 1 is 1.19 bits per heavy atom. The zero-order chi connectivity index (χ0) is 26.8. The molecule has 0 spiro atoms. The Morgan fingerprint density at radius 3 is 2.44 bits per heavy atom. The van der Waals surface area contributed by atoms with Crippen molar-refractivity contribution in [1.29, 1.82) is 0 Å². The van der Waals surface area contributed by atoms with Crippen molar-refractivity contribution < 1.29 is 22.7 Å². The van der Waals surface area contributed by atoms with Gasteiger partial charge in [-0.1, -0.05) is 13.8 Å². The van der Waals surface area contributed by atoms with Gasteiger partial charge in [-0.25, -0.2) is 13.2 Å². The van der Waals surface area contributed by atoms with Gasteiger partial charge in [-0.05, 0) is 43.0 Å². The average Bonchev–Trinajstić information content (AvgIpc) is 3.20. The van der Waals surface area contributed by atoms with Crippen LogP contribution in [-0.2, 0) is 31.4 Å². The summed E-state index contributed by atoms with van der Waals surface area (Å²) in [5.74, 6) is -1.54. The van der Waals surface area contributed by atoms with Crippen molar-refractivity contribution in [3.05, 3.63) is 50.8 Å². The second kappa shape index (κ2) is 10.5. The molecule has 3 rings (SSSR count). The van der Waals surface area contributed by atoms with E-state index >= 15 is 0 Å². The number of carbonyl (C=O) groups is 2. The smallest absolute Gasteiger partial charge is 0.349 e. The fourth-order valence-corrected chi connectivity index (χ4v) is 4.84.